The van der Waals surface area contributed by atoms with E-state index < -0.39 is 5.79 Å². The van der Waals surface area contributed by atoms with Crippen LogP contribution < -0.4 is 0 Å². The van der Waals surface area contributed by atoms with Crippen LogP contribution in [0.15, 0.2) is 12.2 Å². The lowest BCUT2D eigenvalue weighted by atomic mass is 10.2. The summed E-state index contributed by atoms with van der Waals surface area (Å²) >= 11 is 6.44. The van der Waals surface area contributed by atoms with Gasteiger partial charge < -0.3 is 14.2 Å². The first kappa shape index (κ1) is 11.4. The largest absolute Gasteiger partial charge is 0.468 e. The molecular weight excluding hydrogens is 232 g/mol. The van der Waals surface area contributed by atoms with E-state index in [-0.39, 0.29) is 18.3 Å². The average Bonchev–Trinajstić information content (AvgIpc) is 2.63. The summed E-state index contributed by atoms with van der Waals surface area (Å²) in [5.41, 5.74) is 0. The average molecular weight is 246 g/mol. The fourth-order valence-corrected chi connectivity index (χ4v) is 2.13. The zero-order chi connectivity index (χ0) is 11.1. The minimum atomic E-state index is -0.525. The zero-order valence-electron chi connectivity index (χ0n) is 8.93. The molecule has 5 heteroatoms. The molecule has 0 amide bonds. The summed E-state index contributed by atoms with van der Waals surface area (Å²) in [5, 5.41) is 0. The second-order valence-electron chi connectivity index (χ2n) is 3.99. The number of hydrogen-bond acceptors (Lipinski definition) is 5. The maximum absolute atomic E-state index is 5.75. The van der Waals surface area contributed by atoms with Crippen LogP contribution in [0.2, 0.25) is 0 Å². The molecule has 84 valence electrons. The molecule has 2 rings (SSSR count). The smallest absolute Gasteiger partial charge is 0.220 e. The van der Waals surface area contributed by atoms with Gasteiger partial charge in [0.1, 0.15) is 18.3 Å². The van der Waals surface area contributed by atoms with Crippen LogP contribution in [0.1, 0.15) is 13.8 Å². The second-order valence-corrected chi connectivity index (χ2v) is 5.39. The van der Waals surface area contributed by atoms with Crippen LogP contribution in [0.5, 0.6) is 0 Å². The molecule has 0 spiro atoms. The molecule has 1 aliphatic carbocycles. The van der Waals surface area contributed by atoms with Crippen molar-refractivity contribution >= 4 is 28.4 Å². The highest BCUT2D eigenvalue weighted by Crippen LogP contribution is 2.35. The Morgan fingerprint density at radius 1 is 1.40 bits per heavy atom. The van der Waals surface area contributed by atoms with Gasteiger partial charge >= 0.3 is 0 Å². The summed E-state index contributed by atoms with van der Waals surface area (Å²) in [4.78, 5) is 0. The third kappa shape index (κ3) is 2.36. The van der Waals surface area contributed by atoms with Gasteiger partial charge in [0, 0.05) is 0 Å². The van der Waals surface area contributed by atoms with Crippen LogP contribution >= 0.6 is 24.0 Å². The van der Waals surface area contributed by atoms with Gasteiger partial charge in [-0.05, 0) is 38.4 Å². The molecule has 3 atom stereocenters. The van der Waals surface area contributed by atoms with E-state index in [1.165, 1.54) is 11.8 Å². The molecule has 0 saturated carbocycles. The predicted octanol–water partition coefficient (Wildman–Crippen LogP) is 2.11. The minimum absolute atomic E-state index is 0.00495. The monoisotopic (exact) mass is 246 g/mol. The van der Waals surface area contributed by atoms with Crippen LogP contribution in [0.25, 0.3) is 0 Å². The van der Waals surface area contributed by atoms with Gasteiger partial charge in [-0.1, -0.05) is 17.8 Å². The maximum atomic E-state index is 5.75. The van der Waals surface area contributed by atoms with Crippen LogP contribution in [0.3, 0.4) is 0 Å². The van der Waals surface area contributed by atoms with Crippen molar-refractivity contribution in [2.75, 3.05) is 6.26 Å². The topological polar surface area (TPSA) is 27.7 Å². The van der Waals surface area contributed by atoms with Crippen molar-refractivity contribution in [1.29, 1.82) is 0 Å². The van der Waals surface area contributed by atoms with Crippen LogP contribution in [-0.4, -0.2) is 34.7 Å². The fraction of sp³-hybridized carbons (Fsp3) is 0.700. The van der Waals surface area contributed by atoms with E-state index in [9.17, 15) is 0 Å². The summed E-state index contributed by atoms with van der Waals surface area (Å²) in [6.45, 7) is 3.81. The summed E-state index contributed by atoms with van der Waals surface area (Å²) in [5.74, 6) is -0.525. The molecule has 0 radical (unpaired) electrons. The maximum Gasteiger partial charge on any atom is 0.220 e. The Bertz CT molecular complexity index is 301. The SMILES string of the molecule is CSC(=S)O[C@@H]1C=C[C@H]2OC(C)(C)O[C@@H]12. The molecule has 0 bridgehead atoms. The molecule has 0 aromatic heterocycles. The Morgan fingerprint density at radius 3 is 2.80 bits per heavy atom. The van der Waals surface area contributed by atoms with Crippen LogP contribution in [0, 0.1) is 0 Å². The van der Waals surface area contributed by atoms with Gasteiger partial charge in [0.25, 0.3) is 0 Å². The molecule has 1 heterocycles. The van der Waals surface area contributed by atoms with E-state index in [1.807, 2.05) is 32.3 Å². The van der Waals surface area contributed by atoms with Gasteiger partial charge in [0.2, 0.25) is 4.38 Å². The van der Waals surface area contributed by atoms with Gasteiger partial charge in [0.15, 0.2) is 5.79 Å². The number of ether oxygens (including phenoxy) is 3. The lowest BCUT2D eigenvalue weighted by Crippen LogP contribution is -2.32. The zero-order valence-corrected chi connectivity index (χ0v) is 10.6. The van der Waals surface area contributed by atoms with Crippen molar-refractivity contribution in [3.8, 4) is 0 Å². The standard InChI is InChI=1S/C10H14O3S2/c1-10(2)12-7-5-4-6(8(7)13-10)11-9(14)15-3/h4-8H,1-3H3/t6-,7-,8+/m1/s1. The molecule has 0 N–H and O–H groups in total. The molecule has 2 aliphatic rings. The van der Waals surface area contributed by atoms with E-state index in [0.717, 1.165) is 0 Å². The van der Waals surface area contributed by atoms with Gasteiger partial charge in [-0.25, -0.2) is 0 Å². The van der Waals surface area contributed by atoms with Gasteiger partial charge in [-0.2, -0.15) is 0 Å². The molecule has 0 aromatic rings. The van der Waals surface area contributed by atoms with Crippen LogP contribution in [0.4, 0.5) is 0 Å². The Balaban J connectivity index is 2.00. The fourth-order valence-electron chi connectivity index (χ4n) is 1.81. The van der Waals surface area contributed by atoms with E-state index in [1.54, 1.807) is 0 Å². The van der Waals surface area contributed by atoms with Crippen molar-refractivity contribution < 1.29 is 14.2 Å². The molecule has 0 unspecified atom stereocenters. The number of rotatable bonds is 1. The molecule has 3 nitrogen and oxygen atoms in total. The lowest BCUT2D eigenvalue weighted by Gasteiger charge is -2.21. The van der Waals surface area contributed by atoms with E-state index >= 15 is 0 Å². The molecule has 1 aliphatic heterocycles. The van der Waals surface area contributed by atoms with Crippen molar-refractivity contribution in [2.45, 2.75) is 37.9 Å². The highest BCUT2D eigenvalue weighted by Gasteiger charge is 2.47. The second kappa shape index (κ2) is 4.05. The Kier molecular flexibility index (Phi) is 3.07. The van der Waals surface area contributed by atoms with Crippen molar-refractivity contribution in [3.05, 3.63) is 12.2 Å². The molecular formula is C10H14O3S2. The molecule has 15 heavy (non-hydrogen) atoms. The predicted molar refractivity (Wildman–Crippen MR) is 64.0 cm³/mol. The van der Waals surface area contributed by atoms with Gasteiger partial charge in [-0.15, -0.1) is 0 Å². The van der Waals surface area contributed by atoms with Gasteiger partial charge in [-0.3, -0.25) is 0 Å². The normalized spacial score (nSPS) is 36.6. The molecule has 1 saturated heterocycles. The van der Waals surface area contributed by atoms with E-state index in [2.05, 4.69) is 0 Å². The number of thiocarbonyl (C=S) groups is 1. The molecule has 0 aromatic carbocycles. The van der Waals surface area contributed by atoms with E-state index in [4.69, 9.17) is 26.4 Å². The third-order valence-corrected chi connectivity index (χ3v) is 3.40. The van der Waals surface area contributed by atoms with E-state index in [0.29, 0.717) is 4.38 Å². The quantitative estimate of drug-likeness (QED) is 0.522. The third-order valence-electron chi connectivity index (χ3n) is 2.38. The van der Waals surface area contributed by atoms with Gasteiger partial charge in [0.05, 0.1) is 0 Å². The van der Waals surface area contributed by atoms with Crippen molar-refractivity contribution in [3.63, 3.8) is 0 Å². The summed E-state index contributed by atoms with van der Waals surface area (Å²) in [6.07, 6.45) is 5.64. The van der Waals surface area contributed by atoms with Crippen molar-refractivity contribution in [1.82, 2.24) is 0 Å². The number of hydrogen-bond donors (Lipinski definition) is 0. The summed E-state index contributed by atoms with van der Waals surface area (Å²) in [6, 6.07) is 0. The number of thioether (sulfide) groups is 1. The Hall–Kier alpha value is -0.100. The Morgan fingerprint density at radius 2 is 2.13 bits per heavy atom. The summed E-state index contributed by atoms with van der Waals surface area (Å²) < 4.78 is 17.5. The first-order valence-electron chi connectivity index (χ1n) is 4.80. The summed E-state index contributed by atoms with van der Waals surface area (Å²) in [7, 11) is 0. The first-order chi connectivity index (χ1) is 7.02. The number of fused-ring (bicyclic) bond motifs is 1. The van der Waals surface area contributed by atoms with Crippen molar-refractivity contribution in [2.24, 2.45) is 0 Å². The Labute approximate surface area is 99.1 Å². The first-order valence-corrected chi connectivity index (χ1v) is 6.44. The highest BCUT2D eigenvalue weighted by atomic mass is 32.2. The van der Waals surface area contributed by atoms with Crippen LogP contribution in [-0.2, 0) is 14.2 Å². The highest BCUT2D eigenvalue weighted by molar-refractivity contribution is 8.22. The lowest BCUT2D eigenvalue weighted by molar-refractivity contribution is -0.151. The minimum Gasteiger partial charge on any atom is -0.468 e. The molecule has 1 fully saturated rings.